The van der Waals surface area contributed by atoms with Crippen LogP contribution in [0.15, 0.2) is 146 Å². The number of nitrogens with zero attached hydrogens (tertiary/aromatic N) is 5. The summed E-state index contributed by atoms with van der Waals surface area (Å²) in [5.41, 5.74) is 5.43. The minimum Gasteiger partial charge on any atom is -0.388 e. The van der Waals surface area contributed by atoms with E-state index in [1.54, 1.807) is 42.5 Å². The third kappa shape index (κ3) is 10.2. The van der Waals surface area contributed by atoms with Crippen LogP contribution < -0.4 is 19.7 Å². The van der Waals surface area contributed by atoms with Gasteiger partial charge in [-0.1, -0.05) is 6.07 Å². The molecule has 5 aromatic carbocycles. The van der Waals surface area contributed by atoms with Crippen molar-refractivity contribution in [1.82, 2.24) is 9.44 Å². The van der Waals surface area contributed by atoms with E-state index >= 15 is 0 Å². The van der Waals surface area contributed by atoms with E-state index in [9.17, 15) is 21.6 Å². The van der Waals surface area contributed by atoms with Gasteiger partial charge in [-0.2, -0.15) is 20.5 Å². The van der Waals surface area contributed by atoms with Crippen molar-refractivity contribution in [3.63, 3.8) is 0 Å². The van der Waals surface area contributed by atoms with Gasteiger partial charge in [0.2, 0.25) is 20.0 Å². The smallest absolute Gasteiger partial charge is 0.240 e. The Morgan fingerprint density at radius 2 is 0.941 bits per heavy atom. The first-order chi connectivity index (χ1) is 24.4. The number of sulfonamides is 2. The van der Waals surface area contributed by atoms with E-state index in [4.69, 9.17) is 0 Å². The zero-order chi connectivity index (χ0) is 36.4. The van der Waals surface area contributed by atoms with Crippen LogP contribution >= 0.6 is 0 Å². The second-order valence-corrected chi connectivity index (χ2v) is 15.0. The van der Waals surface area contributed by atoms with Crippen LogP contribution in [0.4, 0.5) is 34.1 Å². The summed E-state index contributed by atoms with van der Waals surface area (Å²) in [6.07, 6.45) is 0.613. The third-order valence-corrected chi connectivity index (χ3v) is 10.4. The first kappa shape index (κ1) is 36.7. The maximum atomic E-state index is 13.1. The lowest BCUT2D eigenvalue weighted by molar-refractivity contribution is 0.112. The van der Waals surface area contributed by atoms with Gasteiger partial charge in [-0.05, 0) is 120 Å². The number of carbonyl (C=O) groups excluding carboxylic acids is 1. The number of nitrogens with one attached hydrogen (secondary N) is 3. The molecule has 13 nitrogen and oxygen atoms in total. The summed E-state index contributed by atoms with van der Waals surface area (Å²) in [7, 11) is -2.15. The fourth-order valence-electron chi connectivity index (χ4n) is 4.71. The zero-order valence-corrected chi connectivity index (χ0v) is 29.7. The zero-order valence-electron chi connectivity index (χ0n) is 28.1. The summed E-state index contributed by atoms with van der Waals surface area (Å²) in [6, 6.07) is 31.4. The standard InChI is InChI=1S/C36H36N8O5S2/c1-37-29-4-6-30(7-5-29)40-42-32-10-16-35(17-11-32)50(46,47)38-23-26-20-27(22-28(21-26)25-45)24-39-51(48,49)36-18-12-33(13-19-36)43-41-31-8-14-34(15-9-31)44(2)3/h4-22,25,37-39H,23-24H2,1-3H3/b42-40+,43-41+. The van der Waals surface area contributed by atoms with Crippen LogP contribution in [0, 0.1) is 0 Å². The maximum absolute atomic E-state index is 13.1. The van der Waals surface area contributed by atoms with Crippen molar-refractivity contribution < 1.29 is 21.6 Å². The Balaban J connectivity index is 1.18. The summed E-state index contributed by atoms with van der Waals surface area (Å²) in [5.74, 6) is 0. The normalized spacial score (nSPS) is 12.0. The van der Waals surface area contributed by atoms with Crippen LogP contribution in [0.1, 0.15) is 21.5 Å². The number of anilines is 2. The Morgan fingerprint density at radius 1 is 0.569 bits per heavy atom. The molecule has 262 valence electrons. The van der Waals surface area contributed by atoms with Crippen LogP contribution in [0.3, 0.4) is 0 Å². The molecule has 0 unspecified atom stereocenters. The number of azo groups is 2. The van der Waals surface area contributed by atoms with Gasteiger partial charge in [0.25, 0.3) is 0 Å². The number of rotatable bonds is 15. The largest absolute Gasteiger partial charge is 0.388 e. The molecular formula is C36H36N8O5S2. The van der Waals surface area contributed by atoms with Crippen LogP contribution in [0.2, 0.25) is 0 Å². The van der Waals surface area contributed by atoms with E-state index in [1.807, 2.05) is 62.4 Å². The predicted molar refractivity (Wildman–Crippen MR) is 198 cm³/mol. The minimum atomic E-state index is -3.93. The molecule has 0 amide bonds. The molecule has 3 N–H and O–H groups in total. The lowest BCUT2D eigenvalue weighted by atomic mass is 10.1. The Kier molecular flexibility index (Phi) is 11.8. The minimum absolute atomic E-state index is 0.0190. The topological polar surface area (TPSA) is 174 Å². The summed E-state index contributed by atoms with van der Waals surface area (Å²) < 4.78 is 57.2. The van der Waals surface area contributed by atoms with Crippen molar-refractivity contribution >= 4 is 60.5 Å². The van der Waals surface area contributed by atoms with Crippen LogP contribution in [-0.4, -0.2) is 44.3 Å². The van der Waals surface area contributed by atoms with Crippen LogP contribution in [0.5, 0.6) is 0 Å². The molecule has 0 bridgehead atoms. The van der Waals surface area contributed by atoms with Gasteiger partial charge in [0.1, 0.15) is 6.29 Å². The monoisotopic (exact) mass is 724 g/mol. The molecule has 0 atom stereocenters. The van der Waals surface area contributed by atoms with E-state index < -0.39 is 20.0 Å². The van der Waals surface area contributed by atoms with E-state index in [-0.39, 0.29) is 28.4 Å². The Labute approximate surface area is 297 Å². The van der Waals surface area contributed by atoms with Gasteiger partial charge >= 0.3 is 0 Å². The highest BCUT2D eigenvalue weighted by Gasteiger charge is 2.16. The van der Waals surface area contributed by atoms with Gasteiger partial charge in [-0.3, -0.25) is 4.79 Å². The average molecular weight is 725 g/mol. The molecule has 0 radical (unpaired) electrons. The highest BCUT2D eigenvalue weighted by Crippen LogP contribution is 2.24. The summed E-state index contributed by atoms with van der Waals surface area (Å²) in [4.78, 5) is 13.7. The number of aldehydes is 1. The second kappa shape index (κ2) is 16.4. The van der Waals surface area contributed by atoms with Crippen LogP contribution in [-0.2, 0) is 33.1 Å². The Morgan fingerprint density at radius 3 is 1.29 bits per heavy atom. The summed E-state index contributed by atoms with van der Waals surface area (Å²) in [5, 5.41) is 19.7. The lowest BCUT2D eigenvalue weighted by Crippen LogP contribution is -2.24. The molecule has 0 heterocycles. The molecule has 15 heteroatoms. The molecule has 0 spiro atoms. The number of hydrogen-bond donors (Lipinski definition) is 3. The molecule has 0 saturated heterocycles. The maximum Gasteiger partial charge on any atom is 0.240 e. The summed E-state index contributed by atoms with van der Waals surface area (Å²) >= 11 is 0. The molecular weight excluding hydrogens is 689 g/mol. The number of benzene rings is 5. The summed E-state index contributed by atoms with van der Waals surface area (Å²) in [6.45, 7) is -0.270. The number of carbonyl (C=O) groups is 1. The van der Waals surface area contributed by atoms with Gasteiger partial charge in [0.05, 0.1) is 32.5 Å². The van der Waals surface area contributed by atoms with E-state index in [0.29, 0.717) is 40.2 Å². The first-order valence-corrected chi connectivity index (χ1v) is 18.6. The molecule has 5 rings (SSSR count). The molecule has 0 saturated carbocycles. The van der Waals surface area contributed by atoms with Crippen molar-refractivity contribution in [2.24, 2.45) is 20.5 Å². The molecule has 0 aliphatic heterocycles. The lowest BCUT2D eigenvalue weighted by Gasteiger charge is -2.11. The molecule has 51 heavy (non-hydrogen) atoms. The van der Waals surface area contributed by atoms with Gasteiger partial charge in [-0.25, -0.2) is 26.3 Å². The fourth-order valence-corrected chi connectivity index (χ4v) is 6.75. The van der Waals surface area contributed by atoms with E-state index in [1.165, 1.54) is 36.4 Å². The highest BCUT2D eigenvalue weighted by atomic mass is 32.2. The predicted octanol–water partition coefficient (Wildman–Crippen LogP) is 7.39. The van der Waals surface area contributed by atoms with Crippen LogP contribution in [0.25, 0.3) is 0 Å². The van der Waals surface area contributed by atoms with Crippen molar-refractivity contribution in [2.75, 3.05) is 31.4 Å². The second-order valence-electron chi connectivity index (χ2n) is 11.4. The van der Waals surface area contributed by atoms with Gasteiger partial charge in [0.15, 0.2) is 0 Å². The van der Waals surface area contributed by atoms with Gasteiger partial charge < -0.3 is 10.2 Å². The van der Waals surface area contributed by atoms with E-state index in [0.717, 1.165) is 11.4 Å². The molecule has 0 aliphatic carbocycles. The molecule has 5 aromatic rings. The third-order valence-electron chi connectivity index (χ3n) is 7.52. The van der Waals surface area contributed by atoms with Gasteiger partial charge in [-0.15, -0.1) is 0 Å². The van der Waals surface area contributed by atoms with Crippen molar-refractivity contribution in [1.29, 1.82) is 0 Å². The quantitative estimate of drug-likeness (QED) is 0.0745. The van der Waals surface area contributed by atoms with Gasteiger partial charge in [0, 0.05) is 51.2 Å². The first-order valence-electron chi connectivity index (χ1n) is 15.6. The molecule has 0 aromatic heterocycles. The SMILES string of the molecule is CNc1ccc(/N=N/c2ccc(S(=O)(=O)NCc3cc(C=O)cc(CNS(=O)(=O)c4ccc(/N=N/c5ccc(N(C)C)cc5)cc4)c3)cc2)cc1. The average Bonchev–Trinajstić information content (AvgIpc) is 3.15. The van der Waals surface area contributed by atoms with E-state index in [2.05, 4.69) is 35.2 Å². The number of hydrogen-bond acceptors (Lipinski definition) is 11. The Hall–Kier alpha value is -5.61. The molecule has 0 aliphatic rings. The van der Waals surface area contributed by atoms with Crippen molar-refractivity contribution in [2.45, 2.75) is 22.9 Å². The Bertz CT molecular complexity index is 2240. The molecule has 0 fully saturated rings. The highest BCUT2D eigenvalue weighted by molar-refractivity contribution is 7.89. The fraction of sp³-hybridized carbons (Fsp3) is 0.139. The van der Waals surface area contributed by atoms with Crippen molar-refractivity contribution in [3.8, 4) is 0 Å². The van der Waals surface area contributed by atoms with Crippen molar-refractivity contribution in [3.05, 3.63) is 132 Å².